The van der Waals surface area contributed by atoms with Crippen LogP contribution in [0, 0.1) is 0 Å². The molecule has 1 aromatic rings. The van der Waals surface area contributed by atoms with Crippen molar-refractivity contribution in [1.29, 1.82) is 0 Å². The first-order valence-electron chi connectivity index (χ1n) is 6.90. The van der Waals surface area contributed by atoms with Crippen molar-refractivity contribution in [3.63, 3.8) is 0 Å². The fourth-order valence-corrected chi connectivity index (χ4v) is 2.60. The van der Waals surface area contributed by atoms with Gasteiger partial charge in [0, 0.05) is 18.2 Å². The van der Waals surface area contributed by atoms with Crippen LogP contribution in [-0.2, 0) is 14.4 Å². The van der Waals surface area contributed by atoms with Gasteiger partial charge in [-0.25, -0.2) is 0 Å². The average molecular weight is 341 g/mol. The molecule has 0 bridgehead atoms. The van der Waals surface area contributed by atoms with E-state index in [0.29, 0.717) is 17.7 Å². The molecule has 0 radical (unpaired) electrons. The monoisotopic (exact) mass is 341 g/mol. The van der Waals surface area contributed by atoms with E-state index < -0.39 is 30.6 Å². The Labute approximate surface area is 137 Å². The molecule has 1 aromatic carbocycles. The maximum Gasteiger partial charge on any atom is 0.322 e. The molecule has 0 saturated heterocycles. The van der Waals surface area contributed by atoms with E-state index in [4.69, 9.17) is 15.3 Å². The van der Waals surface area contributed by atoms with E-state index in [-0.39, 0.29) is 10.7 Å². The van der Waals surface area contributed by atoms with Crippen molar-refractivity contribution in [1.82, 2.24) is 5.32 Å². The average Bonchev–Trinajstić information content (AvgIpc) is 2.49. The molecule has 126 valence electrons. The highest BCUT2D eigenvalue weighted by Crippen LogP contribution is 2.24. The van der Waals surface area contributed by atoms with Crippen molar-refractivity contribution in [3.05, 3.63) is 35.4 Å². The van der Waals surface area contributed by atoms with Gasteiger partial charge in [0.25, 0.3) is 0 Å². The summed E-state index contributed by atoms with van der Waals surface area (Å²) in [5.74, 6) is -1.79. The zero-order valence-corrected chi connectivity index (χ0v) is 13.4. The summed E-state index contributed by atoms with van der Waals surface area (Å²) in [6, 6.07) is 6.13. The molecule has 0 spiro atoms. The number of aliphatic hydroxyl groups excluding tert-OH is 1. The molecule has 0 aromatic heterocycles. The van der Waals surface area contributed by atoms with E-state index in [1.54, 1.807) is 12.1 Å². The number of nitrogens with one attached hydrogen (secondary N) is 1. The van der Waals surface area contributed by atoms with Gasteiger partial charge in [-0.3, -0.25) is 14.4 Å². The Morgan fingerprint density at radius 3 is 2.17 bits per heavy atom. The first kappa shape index (κ1) is 19.1. The highest BCUT2D eigenvalue weighted by atomic mass is 32.2. The minimum absolute atomic E-state index is 0.0616. The molecule has 4 N–H and O–H groups in total. The Kier molecular flexibility index (Phi) is 7.73. The van der Waals surface area contributed by atoms with Crippen LogP contribution in [0.15, 0.2) is 24.3 Å². The summed E-state index contributed by atoms with van der Waals surface area (Å²) < 4.78 is 0. The maximum atomic E-state index is 12.2. The number of aliphatic hydroxyl groups is 2. The Morgan fingerprint density at radius 1 is 1.13 bits per heavy atom. The number of benzene rings is 1. The predicted molar refractivity (Wildman–Crippen MR) is 84.8 cm³/mol. The quantitative estimate of drug-likeness (QED) is 0.511. The molecule has 1 unspecified atom stereocenters. The second kappa shape index (κ2) is 9.29. The summed E-state index contributed by atoms with van der Waals surface area (Å²) in [4.78, 5) is 33.7. The van der Waals surface area contributed by atoms with Crippen LogP contribution < -0.4 is 5.32 Å². The van der Waals surface area contributed by atoms with E-state index in [0.717, 1.165) is 11.8 Å². The minimum Gasteiger partial charge on any atom is -0.480 e. The van der Waals surface area contributed by atoms with Crippen molar-refractivity contribution in [2.75, 3.05) is 12.3 Å². The lowest BCUT2D eigenvalue weighted by atomic mass is 9.94. The van der Waals surface area contributed by atoms with Gasteiger partial charge in [0.05, 0.1) is 5.92 Å². The third-order valence-electron chi connectivity index (χ3n) is 3.08. The molecule has 1 atom stereocenters. The van der Waals surface area contributed by atoms with Crippen molar-refractivity contribution in [3.8, 4) is 0 Å². The number of amides is 1. The molecule has 0 aliphatic rings. The SMILES string of the molecule is CC(=O)SCCC(C(=O)NCC(=O)O)c1ccc(C(O)O)cc1. The standard InChI is InChI=1S/C15H19NO6S/c1-9(17)23-7-6-12(14(20)16-8-13(18)19)10-2-4-11(5-3-10)15(21)22/h2-5,12,15,21-22H,6-8H2,1H3,(H,16,20)(H,18,19). The van der Waals surface area contributed by atoms with Crippen LogP contribution >= 0.6 is 11.8 Å². The highest BCUT2D eigenvalue weighted by Gasteiger charge is 2.21. The number of carboxylic acids is 1. The largest absolute Gasteiger partial charge is 0.480 e. The number of aliphatic carboxylic acids is 1. The number of hydrogen-bond acceptors (Lipinski definition) is 6. The number of carboxylic acid groups (broad SMARTS) is 1. The van der Waals surface area contributed by atoms with Crippen LogP contribution in [0.3, 0.4) is 0 Å². The lowest BCUT2D eigenvalue weighted by Crippen LogP contribution is -2.33. The lowest BCUT2D eigenvalue weighted by molar-refractivity contribution is -0.138. The zero-order chi connectivity index (χ0) is 17.4. The van der Waals surface area contributed by atoms with Gasteiger partial charge in [0.2, 0.25) is 5.91 Å². The van der Waals surface area contributed by atoms with Crippen LogP contribution in [0.4, 0.5) is 0 Å². The molecular weight excluding hydrogens is 322 g/mol. The predicted octanol–water partition coefficient (Wildman–Crippen LogP) is 0.624. The van der Waals surface area contributed by atoms with E-state index in [2.05, 4.69) is 5.32 Å². The second-order valence-corrected chi connectivity index (χ2v) is 6.11. The van der Waals surface area contributed by atoms with Crippen LogP contribution in [0.1, 0.15) is 36.7 Å². The zero-order valence-electron chi connectivity index (χ0n) is 12.6. The number of carbonyl (C=O) groups excluding carboxylic acids is 2. The highest BCUT2D eigenvalue weighted by molar-refractivity contribution is 8.13. The van der Waals surface area contributed by atoms with Gasteiger partial charge < -0.3 is 20.6 Å². The first-order chi connectivity index (χ1) is 10.8. The molecule has 0 fully saturated rings. The summed E-state index contributed by atoms with van der Waals surface area (Å²) in [6.45, 7) is 0.949. The Morgan fingerprint density at radius 2 is 1.70 bits per heavy atom. The molecule has 1 amide bonds. The van der Waals surface area contributed by atoms with Crippen LogP contribution in [0.5, 0.6) is 0 Å². The summed E-state index contributed by atoms with van der Waals surface area (Å²) in [6.07, 6.45) is -1.24. The molecule has 0 aliphatic carbocycles. The van der Waals surface area contributed by atoms with E-state index in [1.165, 1.54) is 19.1 Å². The normalized spacial score (nSPS) is 12.0. The Bertz CT molecular complexity index is 558. The molecule has 0 heterocycles. The number of rotatable bonds is 8. The maximum absolute atomic E-state index is 12.2. The molecule has 0 saturated carbocycles. The third-order valence-corrected chi connectivity index (χ3v) is 3.93. The van der Waals surface area contributed by atoms with Gasteiger partial charge >= 0.3 is 5.97 Å². The summed E-state index contributed by atoms with van der Waals surface area (Å²) >= 11 is 1.09. The van der Waals surface area contributed by atoms with Gasteiger partial charge in [0.15, 0.2) is 11.4 Å². The number of thioether (sulfide) groups is 1. The van der Waals surface area contributed by atoms with Crippen molar-refractivity contribution >= 4 is 28.8 Å². The fraction of sp³-hybridized carbons (Fsp3) is 0.400. The van der Waals surface area contributed by atoms with E-state index in [9.17, 15) is 14.4 Å². The van der Waals surface area contributed by atoms with Gasteiger partial charge in [-0.05, 0) is 12.0 Å². The Balaban J connectivity index is 2.85. The molecule has 7 nitrogen and oxygen atoms in total. The minimum atomic E-state index is -1.60. The van der Waals surface area contributed by atoms with Crippen molar-refractivity contribution in [2.24, 2.45) is 0 Å². The first-order valence-corrected chi connectivity index (χ1v) is 7.88. The van der Waals surface area contributed by atoms with Crippen molar-refractivity contribution in [2.45, 2.75) is 25.6 Å². The fourth-order valence-electron chi connectivity index (χ4n) is 1.96. The third kappa shape index (κ3) is 6.81. The molecule has 1 rings (SSSR count). The van der Waals surface area contributed by atoms with Gasteiger partial charge in [0.1, 0.15) is 6.54 Å². The molecule has 23 heavy (non-hydrogen) atoms. The summed E-state index contributed by atoms with van der Waals surface area (Å²) in [5.41, 5.74) is 0.901. The number of carbonyl (C=O) groups is 3. The smallest absolute Gasteiger partial charge is 0.322 e. The van der Waals surface area contributed by atoms with Crippen molar-refractivity contribution < 1.29 is 29.7 Å². The van der Waals surface area contributed by atoms with Crippen LogP contribution in [-0.4, -0.2) is 44.6 Å². The molecule has 8 heteroatoms. The molecular formula is C15H19NO6S. The van der Waals surface area contributed by atoms with Gasteiger partial charge in [-0.1, -0.05) is 36.0 Å². The van der Waals surface area contributed by atoms with E-state index in [1.807, 2.05) is 0 Å². The van der Waals surface area contributed by atoms with Gasteiger partial charge in [-0.2, -0.15) is 0 Å². The molecule has 0 aliphatic heterocycles. The van der Waals surface area contributed by atoms with Crippen LogP contribution in [0.25, 0.3) is 0 Å². The summed E-state index contributed by atoms with van der Waals surface area (Å²) in [5, 5.41) is 29.1. The lowest BCUT2D eigenvalue weighted by Gasteiger charge is -2.17. The Hall–Kier alpha value is -1.90. The number of hydrogen-bond donors (Lipinski definition) is 4. The van der Waals surface area contributed by atoms with Crippen LogP contribution in [0.2, 0.25) is 0 Å². The van der Waals surface area contributed by atoms with E-state index >= 15 is 0 Å². The summed E-state index contributed by atoms with van der Waals surface area (Å²) in [7, 11) is 0. The van der Waals surface area contributed by atoms with Gasteiger partial charge in [-0.15, -0.1) is 0 Å². The second-order valence-electron chi connectivity index (χ2n) is 4.83. The topological polar surface area (TPSA) is 124 Å².